The third kappa shape index (κ3) is 2.38. The SMILES string of the molecule is O=C(O)C1[C@H]2CN(C(=O)c3cccc(N4Cc5ccccc5C4)c3)C[C@@H]12. The van der Waals surface area contributed by atoms with E-state index in [1.807, 2.05) is 29.2 Å². The topological polar surface area (TPSA) is 60.9 Å². The Morgan fingerprint density at radius 1 is 0.923 bits per heavy atom. The molecule has 1 N–H and O–H groups in total. The molecule has 0 aromatic heterocycles. The minimum atomic E-state index is -0.720. The molecule has 132 valence electrons. The molecule has 1 saturated carbocycles. The zero-order valence-electron chi connectivity index (χ0n) is 14.3. The number of rotatable bonds is 3. The van der Waals surface area contributed by atoms with Crippen LogP contribution in [0.25, 0.3) is 0 Å². The Bertz CT molecular complexity index is 873. The zero-order valence-corrected chi connectivity index (χ0v) is 14.3. The third-order valence-electron chi connectivity index (χ3n) is 6.07. The molecule has 1 saturated heterocycles. The highest BCUT2D eigenvalue weighted by Gasteiger charge is 2.60. The lowest BCUT2D eigenvalue weighted by atomic mass is 10.1. The van der Waals surface area contributed by atoms with Crippen molar-refractivity contribution in [2.75, 3.05) is 18.0 Å². The van der Waals surface area contributed by atoms with Gasteiger partial charge in [-0.15, -0.1) is 0 Å². The monoisotopic (exact) mass is 348 g/mol. The number of fused-ring (bicyclic) bond motifs is 2. The van der Waals surface area contributed by atoms with Crippen LogP contribution in [0.15, 0.2) is 48.5 Å². The van der Waals surface area contributed by atoms with Gasteiger partial charge in [0.05, 0.1) is 5.92 Å². The van der Waals surface area contributed by atoms with Gasteiger partial charge in [0.2, 0.25) is 0 Å². The first kappa shape index (κ1) is 15.4. The molecule has 2 aliphatic heterocycles. The van der Waals surface area contributed by atoms with Crippen molar-refractivity contribution in [3.8, 4) is 0 Å². The van der Waals surface area contributed by atoms with Gasteiger partial charge in [-0.05, 0) is 41.2 Å². The van der Waals surface area contributed by atoms with Crippen LogP contribution in [0.3, 0.4) is 0 Å². The summed E-state index contributed by atoms with van der Waals surface area (Å²) in [4.78, 5) is 28.0. The van der Waals surface area contributed by atoms with Gasteiger partial charge in [-0.3, -0.25) is 9.59 Å². The van der Waals surface area contributed by atoms with Crippen molar-refractivity contribution in [1.29, 1.82) is 0 Å². The number of amides is 1. The van der Waals surface area contributed by atoms with Gasteiger partial charge in [0.25, 0.3) is 5.91 Å². The van der Waals surface area contributed by atoms with Gasteiger partial charge in [-0.2, -0.15) is 0 Å². The maximum atomic E-state index is 12.8. The normalized spacial score (nSPS) is 25.8. The summed E-state index contributed by atoms with van der Waals surface area (Å²) in [6, 6.07) is 16.2. The maximum absolute atomic E-state index is 12.8. The number of nitrogens with zero attached hydrogens (tertiary/aromatic N) is 2. The van der Waals surface area contributed by atoms with Crippen LogP contribution in [-0.2, 0) is 17.9 Å². The predicted molar refractivity (Wildman–Crippen MR) is 96.8 cm³/mol. The Kier molecular flexibility index (Phi) is 3.32. The van der Waals surface area contributed by atoms with Crippen LogP contribution in [0.1, 0.15) is 21.5 Å². The molecular weight excluding hydrogens is 328 g/mol. The first-order valence-electron chi connectivity index (χ1n) is 9.05. The first-order chi connectivity index (χ1) is 12.6. The molecule has 5 nitrogen and oxygen atoms in total. The number of carbonyl (C=O) groups excluding carboxylic acids is 1. The zero-order chi connectivity index (χ0) is 17.8. The number of aliphatic carboxylic acids is 1. The van der Waals surface area contributed by atoms with E-state index in [9.17, 15) is 9.59 Å². The van der Waals surface area contributed by atoms with Gasteiger partial charge in [0.15, 0.2) is 0 Å². The Morgan fingerprint density at radius 2 is 1.58 bits per heavy atom. The van der Waals surface area contributed by atoms with Crippen LogP contribution in [-0.4, -0.2) is 35.0 Å². The number of carboxylic acid groups (broad SMARTS) is 1. The van der Waals surface area contributed by atoms with Crippen LogP contribution in [0.4, 0.5) is 5.69 Å². The van der Waals surface area contributed by atoms with Crippen LogP contribution in [0.2, 0.25) is 0 Å². The van der Waals surface area contributed by atoms with E-state index in [-0.39, 0.29) is 23.7 Å². The quantitative estimate of drug-likeness (QED) is 0.926. The number of carbonyl (C=O) groups is 2. The summed E-state index contributed by atoms with van der Waals surface area (Å²) in [5.41, 5.74) is 4.42. The minimum Gasteiger partial charge on any atom is -0.481 e. The smallest absolute Gasteiger partial charge is 0.307 e. The number of likely N-dealkylation sites (tertiary alicyclic amines) is 1. The standard InChI is InChI=1S/C21H20N2O3/c24-20(23-11-17-18(12-23)19(17)21(25)26)13-6-3-7-16(8-13)22-9-14-4-1-2-5-15(14)10-22/h1-8,17-19H,9-12H2,(H,25,26)/t17-,18+,19?. The fourth-order valence-electron chi connectivity index (χ4n) is 4.59. The summed E-state index contributed by atoms with van der Waals surface area (Å²) in [5.74, 6) is -0.656. The Balaban J connectivity index is 1.31. The highest BCUT2D eigenvalue weighted by atomic mass is 16.4. The molecule has 2 aromatic carbocycles. The Hall–Kier alpha value is -2.82. The number of hydrogen-bond donors (Lipinski definition) is 1. The molecule has 3 atom stereocenters. The number of piperidine rings is 1. The van der Waals surface area contributed by atoms with Crippen LogP contribution >= 0.6 is 0 Å². The van der Waals surface area contributed by atoms with Crippen molar-refractivity contribution in [2.24, 2.45) is 17.8 Å². The molecule has 5 rings (SSSR count). The molecule has 2 heterocycles. The maximum Gasteiger partial charge on any atom is 0.307 e. The molecule has 2 aromatic rings. The van der Waals surface area contributed by atoms with E-state index in [0.717, 1.165) is 18.8 Å². The van der Waals surface area contributed by atoms with Crippen molar-refractivity contribution in [3.05, 3.63) is 65.2 Å². The van der Waals surface area contributed by atoms with E-state index in [0.29, 0.717) is 18.7 Å². The van der Waals surface area contributed by atoms with Gasteiger partial charge >= 0.3 is 5.97 Å². The number of benzene rings is 2. The van der Waals surface area contributed by atoms with Crippen molar-refractivity contribution in [3.63, 3.8) is 0 Å². The average Bonchev–Trinajstić information content (AvgIpc) is 2.99. The molecule has 0 radical (unpaired) electrons. The highest BCUT2D eigenvalue weighted by Crippen LogP contribution is 2.52. The average molecular weight is 348 g/mol. The van der Waals surface area contributed by atoms with Crippen LogP contribution in [0, 0.1) is 17.8 Å². The summed E-state index contributed by atoms with van der Waals surface area (Å²) >= 11 is 0. The lowest BCUT2D eigenvalue weighted by molar-refractivity contribution is -0.139. The van der Waals surface area contributed by atoms with Crippen molar-refractivity contribution >= 4 is 17.6 Å². The van der Waals surface area contributed by atoms with Crippen LogP contribution < -0.4 is 4.90 Å². The lowest BCUT2D eigenvalue weighted by Gasteiger charge is -2.22. The van der Waals surface area contributed by atoms with E-state index in [1.165, 1.54) is 11.1 Å². The van der Waals surface area contributed by atoms with Gasteiger partial charge in [-0.25, -0.2) is 0 Å². The summed E-state index contributed by atoms with van der Waals surface area (Å²) in [5, 5.41) is 9.12. The molecule has 1 amide bonds. The van der Waals surface area contributed by atoms with Crippen molar-refractivity contribution < 1.29 is 14.7 Å². The second-order valence-corrected chi connectivity index (χ2v) is 7.58. The predicted octanol–water partition coefficient (Wildman–Crippen LogP) is 2.61. The number of anilines is 1. The second kappa shape index (κ2) is 5.59. The summed E-state index contributed by atoms with van der Waals surface area (Å²) < 4.78 is 0. The molecule has 0 spiro atoms. The molecule has 2 fully saturated rings. The van der Waals surface area contributed by atoms with E-state index in [1.54, 1.807) is 0 Å². The Morgan fingerprint density at radius 3 is 2.19 bits per heavy atom. The number of hydrogen-bond acceptors (Lipinski definition) is 3. The van der Waals surface area contributed by atoms with E-state index >= 15 is 0 Å². The molecular formula is C21H20N2O3. The van der Waals surface area contributed by atoms with E-state index in [2.05, 4.69) is 29.2 Å². The molecule has 1 aliphatic carbocycles. The molecule has 1 unspecified atom stereocenters. The minimum absolute atomic E-state index is 0.0138. The third-order valence-corrected chi connectivity index (χ3v) is 6.07. The first-order valence-corrected chi connectivity index (χ1v) is 9.05. The number of carboxylic acids is 1. The van der Waals surface area contributed by atoms with Gasteiger partial charge in [-0.1, -0.05) is 30.3 Å². The van der Waals surface area contributed by atoms with Crippen molar-refractivity contribution in [2.45, 2.75) is 13.1 Å². The Labute approximate surface area is 151 Å². The van der Waals surface area contributed by atoms with Gasteiger partial charge < -0.3 is 14.9 Å². The summed E-state index contributed by atoms with van der Waals surface area (Å²) in [6.45, 7) is 2.86. The van der Waals surface area contributed by atoms with Gasteiger partial charge in [0.1, 0.15) is 0 Å². The largest absolute Gasteiger partial charge is 0.481 e. The molecule has 5 heteroatoms. The molecule has 3 aliphatic rings. The second-order valence-electron chi connectivity index (χ2n) is 7.58. The fraction of sp³-hybridized carbons (Fsp3) is 0.333. The highest BCUT2D eigenvalue weighted by molar-refractivity contribution is 5.95. The molecule has 0 bridgehead atoms. The van der Waals surface area contributed by atoms with Gasteiger partial charge in [0, 0.05) is 37.4 Å². The fourth-order valence-corrected chi connectivity index (χ4v) is 4.59. The van der Waals surface area contributed by atoms with Crippen molar-refractivity contribution in [1.82, 2.24) is 4.90 Å². The van der Waals surface area contributed by atoms with E-state index < -0.39 is 5.97 Å². The summed E-state index contributed by atoms with van der Waals surface area (Å²) in [6.07, 6.45) is 0. The molecule has 26 heavy (non-hydrogen) atoms. The lowest BCUT2D eigenvalue weighted by Crippen LogP contribution is -2.32. The van der Waals surface area contributed by atoms with Crippen LogP contribution in [0.5, 0.6) is 0 Å². The summed E-state index contributed by atoms with van der Waals surface area (Å²) in [7, 11) is 0. The van der Waals surface area contributed by atoms with E-state index in [4.69, 9.17) is 5.11 Å².